The van der Waals surface area contributed by atoms with Gasteiger partial charge in [-0.3, -0.25) is 0 Å². The van der Waals surface area contributed by atoms with E-state index in [1.807, 2.05) is 0 Å². The Morgan fingerprint density at radius 3 is 2.79 bits per heavy atom. The van der Waals surface area contributed by atoms with E-state index in [1.54, 1.807) is 11.3 Å². The van der Waals surface area contributed by atoms with Crippen molar-refractivity contribution < 1.29 is 4.74 Å². The summed E-state index contributed by atoms with van der Waals surface area (Å²) in [6.07, 6.45) is 0. The number of thiophene rings is 1. The molecular formula is C13H22IN3OS. The number of rotatable bonds is 5. The van der Waals surface area contributed by atoms with Crippen LogP contribution in [0.5, 0.6) is 0 Å². The third kappa shape index (κ3) is 5.27. The lowest BCUT2D eigenvalue weighted by atomic mass is 9.89. The van der Waals surface area contributed by atoms with Gasteiger partial charge in [-0.25, -0.2) is 4.99 Å². The van der Waals surface area contributed by atoms with E-state index in [9.17, 15) is 0 Å². The van der Waals surface area contributed by atoms with Gasteiger partial charge in [0.15, 0.2) is 5.96 Å². The second-order valence-electron chi connectivity index (χ2n) is 4.98. The van der Waals surface area contributed by atoms with Crippen molar-refractivity contribution in [2.24, 2.45) is 10.4 Å². The number of nitrogens with one attached hydrogen (secondary N) is 2. The van der Waals surface area contributed by atoms with Crippen LogP contribution in [0.15, 0.2) is 21.8 Å². The molecule has 1 aliphatic rings. The lowest BCUT2D eigenvalue weighted by molar-refractivity contribution is -0.0971. The molecule has 0 bridgehead atoms. The molecular weight excluding hydrogens is 373 g/mol. The highest BCUT2D eigenvalue weighted by molar-refractivity contribution is 14.0. The third-order valence-corrected chi connectivity index (χ3v) is 3.66. The fourth-order valence-electron chi connectivity index (χ4n) is 1.74. The molecule has 6 heteroatoms. The Labute approximate surface area is 136 Å². The van der Waals surface area contributed by atoms with E-state index in [4.69, 9.17) is 4.74 Å². The summed E-state index contributed by atoms with van der Waals surface area (Å²) in [7, 11) is 0. The van der Waals surface area contributed by atoms with Gasteiger partial charge in [0.25, 0.3) is 0 Å². The maximum Gasteiger partial charge on any atom is 0.191 e. The zero-order valence-electron chi connectivity index (χ0n) is 11.4. The molecule has 2 heterocycles. The van der Waals surface area contributed by atoms with E-state index in [-0.39, 0.29) is 29.4 Å². The van der Waals surface area contributed by atoms with Crippen molar-refractivity contribution in [1.82, 2.24) is 10.6 Å². The van der Waals surface area contributed by atoms with Crippen LogP contribution in [0.1, 0.15) is 19.4 Å². The predicted octanol–water partition coefficient (Wildman–Crippen LogP) is 2.46. The number of guanidine groups is 1. The molecule has 1 aromatic rings. The summed E-state index contributed by atoms with van der Waals surface area (Å²) in [4.78, 5) is 4.58. The Morgan fingerprint density at radius 1 is 1.47 bits per heavy atom. The van der Waals surface area contributed by atoms with Crippen molar-refractivity contribution in [3.63, 3.8) is 0 Å². The van der Waals surface area contributed by atoms with Crippen LogP contribution in [0.2, 0.25) is 0 Å². The van der Waals surface area contributed by atoms with Crippen molar-refractivity contribution >= 4 is 41.3 Å². The van der Waals surface area contributed by atoms with Crippen LogP contribution >= 0.6 is 35.3 Å². The molecule has 0 atom stereocenters. The lowest BCUT2D eigenvalue weighted by Crippen LogP contribution is -2.51. The number of hydrogen-bond acceptors (Lipinski definition) is 3. The Kier molecular flexibility index (Phi) is 7.09. The predicted molar refractivity (Wildman–Crippen MR) is 91.5 cm³/mol. The standard InChI is InChI=1S/C13H21N3OS.HI/c1-3-14-12(15-6-11-4-5-18-7-11)16-8-13(2)9-17-10-13;/h4-5,7H,3,6,8-10H2,1-2H3,(H2,14,15,16);1H. The molecule has 0 radical (unpaired) electrons. The fourth-order valence-corrected chi connectivity index (χ4v) is 2.40. The highest BCUT2D eigenvalue weighted by Gasteiger charge is 2.33. The van der Waals surface area contributed by atoms with Crippen molar-refractivity contribution in [1.29, 1.82) is 0 Å². The minimum Gasteiger partial charge on any atom is -0.380 e. The van der Waals surface area contributed by atoms with Crippen molar-refractivity contribution in [3.8, 4) is 0 Å². The van der Waals surface area contributed by atoms with Crippen molar-refractivity contribution in [2.75, 3.05) is 26.3 Å². The topological polar surface area (TPSA) is 45.7 Å². The number of halogens is 1. The number of ether oxygens (including phenoxy) is 1. The van der Waals surface area contributed by atoms with Crippen LogP contribution in [0.25, 0.3) is 0 Å². The second-order valence-corrected chi connectivity index (χ2v) is 5.76. The van der Waals surface area contributed by atoms with Crippen LogP contribution < -0.4 is 10.6 Å². The van der Waals surface area contributed by atoms with E-state index < -0.39 is 0 Å². The van der Waals surface area contributed by atoms with E-state index in [2.05, 4.69) is 46.3 Å². The zero-order chi connectivity index (χ0) is 12.8. The monoisotopic (exact) mass is 395 g/mol. The van der Waals surface area contributed by atoms with E-state index in [0.29, 0.717) is 0 Å². The van der Waals surface area contributed by atoms with Gasteiger partial charge < -0.3 is 15.4 Å². The van der Waals surface area contributed by atoms with Gasteiger partial charge in [0.1, 0.15) is 0 Å². The average molecular weight is 395 g/mol. The molecule has 1 fully saturated rings. The lowest BCUT2D eigenvalue weighted by Gasteiger charge is -2.38. The minimum absolute atomic E-state index is 0. The Morgan fingerprint density at radius 2 is 2.26 bits per heavy atom. The molecule has 0 aromatic carbocycles. The van der Waals surface area contributed by atoms with Crippen LogP contribution in [0.3, 0.4) is 0 Å². The molecule has 0 amide bonds. The van der Waals surface area contributed by atoms with Gasteiger partial charge in [-0.05, 0) is 29.3 Å². The van der Waals surface area contributed by atoms with E-state index in [1.165, 1.54) is 5.56 Å². The SMILES string of the molecule is CCNC(=NCc1ccsc1)NCC1(C)COC1.I. The van der Waals surface area contributed by atoms with Crippen molar-refractivity contribution in [3.05, 3.63) is 22.4 Å². The first-order valence-corrected chi connectivity index (χ1v) is 7.27. The number of hydrogen-bond donors (Lipinski definition) is 2. The summed E-state index contributed by atoms with van der Waals surface area (Å²) in [6.45, 7) is 8.49. The summed E-state index contributed by atoms with van der Waals surface area (Å²) >= 11 is 1.71. The smallest absolute Gasteiger partial charge is 0.191 e. The second kappa shape index (κ2) is 8.06. The summed E-state index contributed by atoms with van der Waals surface area (Å²) in [5.74, 6) is 0.886. The van der Waals surface area contributed by atoms with Gasteiger partial charge >= 0.3 is 0 Å². The quantitative estimate of drug-likeness (QED) is 0.458. The molecule has 0 aliphatic carbocycles. The normalized spacial score (nSPS) is 17.3. The third-order valence-electron chi connectivity index (χ3n) is 2.93. The van der Waals surface area contributed by atoms with Gasteiger partial charge in [-0.1, -0.05) is 6.92 Å². The van der Waals surface area contributed by atoms with Crippen LogP contribution in [-0.2, 0) is 11.3 Å². The van der Waals surface area contributed by atoms with Gasteiger partial charge in [0.05, 0.1) is 19.8 Å². The van der Waals surface area contributed by atoms with Gasteiger partial charge in [-0.2, -0.15) is 11.3 Å². The molecule has 0 unspecified atom stereocenters. The molecule has 19 heavy (non-hydrogen) atoms. The Hall–Kier alpha value is -0.340. The summed E-state index contributed by atoms with van der Waals surface area (Å²) < 4.78 is 5.25. The van der Waals surface area contributed by atoms with Crippen LogP contribution in [0.4, 0.5) is 0 Å². The number of aliphatic imine (C=N–C) groups is 1. The summed E-state index contributed by atoms with van der Waals surface area (Å²) in [5, 5.41) is 10.9. The number of nitrogens with zero attached hydrogens (tertiary/aromatic N) is 1. The molecule has 2 rings (SSSR count). The van der Waals surface area contributed by atoms with E-state index in [0.717, 1.165) is 38.8 Å². The molecule has 1 aliphatic heterocycles. The van der Waals surface area contributed by atoms with Gasteiger partial charge in [0, 0.05) is 18.5 Å². The summed E-state index contributed by atoms with van der Waals surface area (Å²) in [5.41, 5.74) is 1.52. The molecule has 0 saturated carbocycles. The molecule has 108 valence electrons. The highest BCUT2D eigenvalue weighted by atomic mass is 127. The molecule has 1 saturated heterocycles. The first-order chi connectivity index (χ1) is 8.72. The van der Waals surface area contributed by atoms with Crippen molar-refractivity contribution in [2.45, 2.75) is 20.4 Å². The highest BCUT2D eigenvalue weighted by Crippen LogP contribution is 2.24. The van der Waals surface area contributed by atoms with Crippen LogP contribution in [0, 0.1) is 5.41 Å². The molecule has 1 aromatic heterocycles. The fraction of sp³-hybridized carbons (Fsp3) is 0.615. The first kappa shape index (κ1) is 16.7. The van der Waals surface area contributed by atoms with Crippen LogP contribution in [-0.4, -0.2) is 32.3 Å². The summed E-state index contributed by atoms with van der Waals surface area (Å²) in [6, 6.07) is 2.11. The minimum atomic E-state index is 0. The van der Waals surface area contributed by atoms with Gasteiger partial charge in [0.2, 0.25) is 0 Å². The molecule has 4 nitrogen and oxygen atoms in total. The maximum atomic E-state index is 5.25. The maximum absolute atomic E-state index is 5.25. The largest absolute Gasteiger partial charge is 0.380 e. The first-order valence-electron chi connectivity index (χ1n) is 6.33. The van der Waals surface area contributed by atoms with Gasteiger partial charge in [-0.15, -0.1) is 24.0 Å². The molecule has 2 N–H and O–H groups in total. The zero-order valence-corrected chi connectivity index (χ0v) is 14.6. The average Bonchev–Trinajstić information content (AvgIpc) is 2.83. The Balaban J connectivity index is 0.00000180. The van der Waals surface area contributed by atoms with E-state index >= 15 is 0 Å². The Bertz CT molecular complexity index is 391. The molecule has 0 spiro atoms.